The SMILES string of the molecule is C[C@H](NC(=O)CCc1nnc(CCc2c[nH]c3ccccc23)o1)c1ccccc1Cl. The zero-order chi connectivity index (χ0) is 20.9. The fourth-order valence-corrected chi connectivity index (χ4v) is 3.81. The molecule has 0 fully saturated rings. The van der Waals surface area contributed by atoms with Crippen LogP contribution in [-0.2, 0) is 24.1 Å². The highest BCUT2D eigenvalue weighted by atomic mass is 35.5. The number of nitrogens with zero attached hydrogens (tertiary/aromatic N) is 2. The number of benzene rings is 2. The van der Waals surface area contributed by atoms with Gasteiger partial charge in [-0.1, -0.05) is 48.0 Å². The van der Waals surface area contributed by atoms with Gasteiger partial charge in [-0.25, -0.2) is 0 Å². The summed E-state index contributed by atoms with van der Waals surface area (Å²) in [5.41, 5.74) is 3.24. The fourth-order valence-electron chi connectivity index (χ4n) is 3.51. The highest BCUT2D eigenvalue weighted by Gasteiger charge is 2.14. The first-order valence-corrected chi connectivity index (χ1v) is 10.4. The monoisotopic (exact) mass is 422 g/mol. The third kappa shape index (κ3) is 4.71. The molecule has 30 heavy (non-hydrogen) atoms. The van der Waals surface area contributed by atoms with Gasteiger partial charge in [0.05, 0.1) is 6.04 Å². The lowest BCUT2D eigenvalue weighted by molar-refractivity contribution is -0.121. The minimum atomic E-state index is -0.166. The Labute approximate surface area is 179 Å². The van der Waals surface area contributed by atoms with Crippen LogP contribution in [0.5, 0.6) is 0 Å². The Morgan fingerprint density at radius 3 is 2.63 bits per heavy atom. The van der Waals surface area contributed by atoms with E-state index in [0.29, 0.717) is 29.6 Å². The molecule has 0 bridgehead atoms. The van der Waals surface area contributed by atoms with Crippen molar-refractivity contribution in [3.63, 3.8) is 0 Å². The highest BCUT2D eigenvalue weighted by molar-refractivity contribution is 6.31. The Balaban J connectivity index is 1.27. The van der Waals surface area contributed by atoms with E-state index in [4.69, 9.17) is 16.0 Å². The summed E-state index contributed by atoms with van der Waals surface area (Å²) in [5, 5.41) is 13.0. The van der Waals surface area contributed by atoms with Gasteiger partial charge in [-0.3, -0.25) is 4.79 Å². The van der Waals surface area contributed by atoms with E-state index in [1.54, 1.807) is 0 Å². The number of hydrogen-bond acceptors (Lipinski definition) is 4. The molecule has 1 amide bonds. The molecular weight excluding hydrogens is 400 g/mol. The Morgan fingerprint density at radius 1 is 1.07 bits per heavy atom. The number of hydrogen-bond donors (Lipinski definition) is 2. The van der Waals surface area contributed by atoms with Gasteiger partial charge in [-0.15, -0.1) is 10.2 Å². The molecule has 2 aromatic heterocycles. The van der Waals surface area contributed by atoms with Crippen molar-refractivity contribution in [2.45, 2.75) is 38.6 Å². The third-order valence-corrected chi connectivity index (χ3v) is 5.45. The number of halogens is 1. The quantitative estimate of drug-likeness (QED) is 0.427. The second kappa shape index (κ2) is 9.13. The van der Waals surface area contributed by atoms with Gasteiger partial charge in [0.2, 0.25) is 17.7 Å². The Morgan fingerprint density at radius 2 is 1.80 bits per heavy atom. The largest absolute Gasteiger partial charge is 0.425 e. The molecule has 1 atom stereocenters. The first-order valence-electron chi connectivity index (χ1n) is 10.00. The molecule has 0 saturated carbocycles. The van der Waals surface area contributed by atoms with Crippen molar-refractivity contribution >= 4 is 28.4 Å². The Bertz CT molecular complexity index is 1150. The summed E-state index contributed by atoms with van der Waals surface area (Å²) in [6, 6.07) is 15.5. The maximum atomic E-state index is 12.3. The number of aromatic nitrogens is 3. The first-order chi connectivity index (χ1) is 14.6. The van der Waals surface area contributed by atoms with E-state index in [0.717, 1.165) is 17.5 Å². The number of nitrogens with one attached hydrogen (secondary N) is 2. The maximum absolute atomic E-state index is 12.3. The normalized spacial score (nSPS) is 12.2. The molecule has 0 saturated heterocycles. The van der Waals surface area contributed by atoms with Crippen molar-refractivity contribution in [2.24, 2.45) is 0 Å². The van der Waals surface area contributed by atoms with Crippen LogP contribution in [0.3, 0.4) is 0 Å². The molecule has 0 aliphatic heterocycles. The summed E-state index contributed by atoms with van der Waals surface area (Å²) in [4.78, 5) is 15.6. The summed E-state index contributed by atoms with van der Waals surface area (Å²) in [6.07, 6.45) is 4.17. The van der Waals surface area contributed by atoms with Crippen LogP contribution in [0.1, 0.15) is 42.3 Å². The lowest BCUT2D eigenvalue weighted by atomic mass is 10.1. The van der Waals surface area contributed by atoms with E-state index in [9.17, 15) is 4.79 Å². The molecule has 154 valence electrons. The van der Waals surface area contributed by atoms with Gasteiger partial charge < -0.3 is 14.7 Å². The second-order valence-corrected chi connectivity index (χ2v) is 7.67. The predicted molar refractivity (Wildman–Crippen MR) is 116 cm³/mol. The smallest absolute Gasteiger partial charge is 0.220 e. The number of amides is 1. The zero-order valence-corrected chi connectivity index (χ0v) is 17.4. The van der Waals surface area contributed by atoms with Gasteiger partial charge in [0.1, 0.15) is 0 Å². The molecule has 0 aliphatic carbocycles. The van der Waals surface area contributed by atoms with Crippen LogP contribution in [0.15, 0.2) is 59.1 Å². The van der Waals surface area contributed by atoms with Gasteiger partial charge in [0.15, 0.2) is 0 Å². The summed E-state index contributed by atoms with van der Waals surface area (Å²) in [7, 11) is 0. The van der Waals surface area contributed by atoms with Gasteiger partial charge in [0.25, 0.3) is 0 Å². The van der Waals surface area contributed by atoms with Crippen LogP contribution in [0.25, 0.3) is 10.9 Å². The van der Waals surface area contributed by atoms with Gasteiger partial charge in [-0.05, 0) is 36.6 Å². The predicted octanol–water partition coefficient (Wildman–Crippen LogP) is 4.80. The molecule has 0 unspecified atom stereocenters. The number of rotatable bonds is 8. The van der Waals surface area contributed by atoms with E-state index >= 15 is 0 Å². The van der Waals surface area contributed by atoms with Crippen LogP contribution < -0.4 is 5.32 Å². The van der Waals surface area contributed by atoms with Crippen LogP contribution in [0, 0.1) is 0 Å². The minimum Gasteiger partial charge on any atom is -0.425 e. The number of aromatic amines is 1. The average Bonchev–Trinajstić information content (AvgIpc) is 3.38. The highest BCUT2D eigenvalue weighted by Crippen LogP contribution is 2.22. The van der Waals surface area contributed by atoms with Gasteiger partial charge >= 0.3 is 0 Å². The first kappa shape index (κ1) is 20.2. The number of fused-ring (bicyclic) bond motifs is 1. The minimum absolute atomic E-state index is 0.0824. The molecule has 6 nitrogen and oxygen atoms in total. The molecule has 0 radical (unpaired) electrons. The number of aryl methyl sites for hydroxylation is 3. The lowest BCUT2D eigenvalue weighted by Gasteiger charge is -2.15. The van der Waals surface area contributed by atoms with Crippen LogP contribution in [-0.4, -0.2) is 21.1 Å². The zero-order valence-electron chi connectivity index (χ0n) is 16.7. The Hall–Kier alpha value is -3.12. The Kier molecular flexibility index (Phi) is 6.14. The number of carbonyl (C=O) groups excluding carboxylic acids is 1. The van der Waals surface area contributed by atoms with Crippen molar-refractivity contribution in [2.75, 3.05) is 0 Å². The number of carbonyl (C=O) groups is 1. The molecule has 2 N–H and O–H groups in total. The third-order valence-electron chi connectivity index (χ3n) is 5.11. The maximum Gasteiger partial charge on any atom is 0.220 e. The summed E-state index contributed by atoms with van der Waals surface area (Å²) in [5.74, 6) is 0.977. The van der Waals surface area contributed by atoms with Crippen LogP contribution in [0.4, 0.5) is 0 Å². The van der Waals surface area contributed by atoms with E-state index in [2.05, 4.69) is 32.6 Å². The molecule has 4 rings (SSSR count). The van der Waals surface area contributed by atoms with Crippen molar-refractivity contribution in [3.05, 3.63) is 82.7 Å². The average molecular weight is 423 g/mol. The van der Waals surface area contributed by atoms with E-state index in [1.807, 2.05) is 49.5 Å². The molecule has 0 aliphatic rings. The van der Waals surface area contributed by atoms with Crippen LogP contribution in [0.2, 0.25) is 5.02 Å². The molecule has 0 spiro atoms. The number of H-pyrrole nitrogens is 1. The fraction of sp³-hybridized carbons (Fsp3) is 0.261. The summed E-state index contributed by atoms with van der Waals surface area (Å²) >= 11 is 6.19. The molecule has 2 aromatic carbocycles. The second-order valence-electron chi connectivity index (χ2n) is 7.26. The van der Waals surface area contributed by atoms with Crippen molar-refractivity contribution in [1.29, 1.82) is 0 Å². The topological polar surface area (TPSA) is 83.8 Å². The van der Waals surface area contributed by atoms with Crippen molar-refractivity contribution in [3.8, 4) is 0 Å². The molecule has 7 heteroatoms. The van der Waals surface area contributed by atoms with Crippen molar-refractivity contribution in [1.82, 2.24) is 20.5 Å². The van der Waals surface area contributed by atoms with Crippen molar-refractivity contribution < 1.29 is 9.21 Å². The lowest BCUT2D eigenvalue weighted by Crippen LogP contribution is -2.27. The molecular formula is C23H23ClN4O2. The molecule has 4 aromatic rings. The summed E-state index contributed by atoms with van der Waals surface area (Å²) < 4.78 is 5.72. The van der Waals surface area contributed by atoms with Crippen LogP contribution >= 0.6 is 11.6 Å². The standard InChI is InChI=1S/C23H23ClN4O2/c1-15(17-6-2-4-8-19(17)24)26-21(29)11-13-23-28-27-22(30-23)12-10-16-14-25-20-9-5-3-7-18(16)20/h2-9,14-15,25H,10-13H2,1H3,(H,26,29)/t15-/m0/s1. The molecule has 2 heterocycles. The summed E-state index contributed by atoms with van der Waals surface area (Å²) in [6.45, 7) is 1.91. The van der Waals surface area contributed by atoms with E-state index in [-0.39, 0.29) is 18.4 Å². The van der Waals surface area contributed by atoms with E-state index < -0.39 is 0 Å². The van der Waals surface area contributed by atoms with Gasteiger partial charge in [0, 0.05) is 41.4 Å². The van der Waals surface area contributed by atoms with Gasteiger partial charge in [-0.2, -0.15) is 0 Å². The number of para-hydroxylation sites is 1. The van der Waals surface area contributed by atoms with E-state index in [1.165, 1.54) is 10.9 Å².